The summed E-state index contributed by atoms with van der Waals surface area (Å²) in [5.41, 5.74) is 9.14. The number of hydrogen-bond acceptors (Lipinski definition) is 1. The molecule has 74 valence electrons. The maximum absolute atomic E-state index is 5.78. The summed E-state index contributed by atoms with van der Waals surface area (Å²) in [6.07, 6.45) is 6.77. The van der Waals surface area contributed by atoms with Crippen LogP contribution in [-0.2, 0) is 0 Å². The Balaban J connectivity index is 2.73. The van der Waals surface area contributed by atoms with Crippen LogP contribution >= 0.6 is 0 Å². The molecule has 0 saturated carbocycles. The molecule has 1 rings (SSSR count). The van der Waals surface area contributed by atoms with Crippen molar-refractivity contribution in [1.29, 1.82) is 0 Å². The Bertz CT molecular complexity index is 227. The van der Waals surface area contributed by atoms with Crippen LogP contribution < -0.4 is 5.73 Å². The molecule has 0 saturated heterocycles. The van der Waals surface area contributed by atoms with Gasteiger partial charge in [0, 0.05) is 0 Å². The molecule has 0 heterocycles. The highest BCUT2D eigenvalue weighted by molar-refractivity contribution is 5.32. The maximum atomic E-state index is 5.78. The predicted octanol–water partition coefficient (Wildman–Crippen LogP) is 3.03. The lowest BCUT2D eigenvalue weighted by atomic mass is 9.86. The first-order chi connectivity index (χ1) is 6.15. The topological polar surface area (TPSA) is 26.0 Å². The van der Waals surface area contributed by atoms with Crippen molar-refractivity contribution in [2.75, 3.05) is 6.54 Å². The van der Waals surface area contributed by atoms with Crippen LogP contribution in [0.25, 0.3) is 0 Å². The van der Waals surface area contributed by atoms with E-state index < -0.39 is 0 Å². The Labute approximate surface area is 81.7 Å². The van der Waals surface area contributed by atoms with Gasteiger partial charge in [-0.3, -0.25) is 0 Å². The molecule has 0 spiro atoms. The average Bonchev–Trinajstić information content (AvgIpc) is 2.45. The van der Waals surface area contributed by atoms with Crippen molar-refractivity contribution < 1.29 is 0 Å². The molecule has 1 heteroatoms. The molecule has 1 aliphatic rings. The number of hydrogen-bond donors (Lipinski definition) is 1. The summed E-state index contributed by atoms with van der Waals surface area (Å²) in [6.45, 7) is 9.17. The summed E-state index contributed by atoms with van der Waals surface area (Å²) in [7, 11) is 0. The highest BCUT2D eigenvalue weighted by atomic mass is 14.6. The fraction of sp³-hybridized carbons (Fsp3) is 0.667. The van der Waals surface area contributed by atoms with Crippen molar-refractivity contribution in [3.05, 3.63) is 23.8 Å². The molecule has 0 aromatic carbocycles. The molecule has 1 aliphatic carbocycles. The maximum Gasteiger partial charge on any atom is -0.00169 e. The zero-order chi connectivity index (χ0) is 9.90. The van der Waals surface area contributed by atoms with E-state index in [9.17, 15) is 0 Å². The molecular weight excluding hydrogens is 158 g/mol. The van der Waals surface area contributed by atoms with Crippen molar-refractivity contribution in [3.63, 3.8) is 0 Å². The molecule has 2 N–H and O–H groups in total. The van der Waals surface area contributed by atoms with Crippen LogP contribution in [0.5, 0.6) is 0 Å². The minimum absolute atomic E-state index is 0.314. The Kier molecular flexibility index (Phi) is 3.32. The van der Waals surface area contributed by atoms with Gasteiger partial charge in [0.25, 0.3) is 0 Å². The highest BCUT2D eigenvalue weighted by Crippen LogP contribution is 2.42. The minimum Gasteiger partial charge on any atom is -0.330 e. The molecule has 0 aliphatic heterocycles. The lowest BCUT2D eigenvalue weighted by Crippen LogP contribution is -2.24. The van der Waals surface area contributed by atoms with Crippen LogP contribution in [0.1, 0.15) is 39.5 Å². The molecule has 0 aromatic rings. The van der Waals surface area contributed by atoms with E-state index in [1.165, 1.54) is 24.8 Å². The standard InChI is InChI=1S/C12H21N/c1-4-6-11-8-12(3,9-13)7-10(11)5-2/h5H,2,4,6-9,13H2,1,3H3. The lowest BCUT2D eigenvalue weighted by molar-refractivity contribution is 0.355. The summed E-state index contributed by atoms with van der Waals surface area (Å²) in [5, 5.41) is 0. The summed E-state index contributed by atoms with van der Waals surface area (Å²) in [6, 6.07) is 0. The average molecular weight is 179 g/mol. The lowest BCUT2D eigenvalue weighted by Gasteiger charge is -2.21. The molecule has 0 radical (unpaired) electrons. The quantitative estimate of drug-likeness (QED) is 0.705. The van der Waals surface area contributed by atoms with Crippen molar-refractivity contribution in [2.45, 2.75) is 39.5 Å². The Morgan fingerprint density at radius 2 is 2.23 bits per heavy atom. The van der Waals surface area contributed by atoms with E-state index in [1.807, 2.05) is 6.08 Å². The van der Waals surface area contributed by atoms with Gasteiger partial charge in [0.1, 0.15) is 0 Å². The minimum atomic E-state index is 0.314. The largest absolute Gasteiger partial charge is 0.330 e. The molecule has 1 nitrogen and oxygen atoms in total. The Morgan fingerprint density at radius 1 is 1.54 bits per heavy atom. The first kappa shape index (κ1) is 10.5. The van der Waals surface area contributed by atoms with E-state index in [1.54, 1.807) is 5.57 Å². The number of nitrogens with two attached hydrogens (primary N) is 1. The van der Waals surface area contributed by atoms with Crippen molar-refractivity contribution >= 4 is 0 Å². The molecule has 0 aromatic heterocycles. The van der Waals surface area contributed by atoms with Gasteiger partial charge in [-0.1, -0.05) is 38.5 Å². The summed E-state index contributed by atoms with van der Waals surface area (Å²) in [4.78, 5) is 0. The van der Waals surface area contributed by atoms with Gasteiger partial charge in [0.05, 0.1) is 0 Å². The van der Waals surface area contributed by atoms with E-state index in [2.05, 4.69) is 20.4 Å². The monoisotopic (exact) mass is 179 g/mol. The van der Waals surface area contributed by atoms with Gasteiger partial charge in [0.2, 0.25) is 0 Å². The second-order valence-corrected chi connectivity index (χ2v) is 4.45. The van der Waals surface area contributed by atoms with Gasteiger partial charge >= 0.3 is 0 Å². The molecule has 0 amide bonds. The molecule has 13 heavy (non-hydrogen) atoms. The van der Waals surface area contributed by atoms with Gasteiger partial charge in [-0.15, -0.1) is 0 Å². The zero-order valence-electron chi connectivity index (χ0n) is 8.90. The number of rotatable bonds is 4. The third-order valence-electron chi connectivity index (χ3n) is 3.00. The highest BCUT2D eigenvalue weighted by Gasteiger charge is 2.31. The van der Waals surface area contributed by atoms with E-state index in [-0.39, 0.29) is 0 Å². The second-order valence-electron chi connectivity index (χ2n) is 4.45. The first-order valence-electron chi connectivity index (χ1n) is 5.18. The summed E-state index contributed by atoms with van der Waals surface area (Å²) >= 11 is 0. The van der Waals surface area contributed by atoms with E-state index in [0.717, 1.165) is 13.0 Å². The van der Waals surface area contributed by atoms with Crippen LogP contribution in [0.3, 0.4) is 0 Å². The molecular formula is C12H21N. The third kappa shape index (κ3) is 2.22. The van der Waals surface area contributed by atoms with Crippen molar-refractivity contribution in [2.24, 2.45) is 11.1 Å². The zero-order valence-corrected chi connectivity index (χ0v) is 8.90. The Morgan fingerprint density at radius 3 is 2.69 bits per heavy atom. The van der Waals surface area contributed by atoms with Crippen LogP contribution in [0.4, 0.5) is 0 Å². The summed E-state index contributed by atoms with van der Waals surface area (Å²) in [5.74, 6) is 0. The smallest absolute Gasteiger partial charge is 0.00169 e. The molecule has 1 atom stereocenters. The molecule has 1 unspecified atom stereocenters. The summed E-state index contributed by atoms with van der Waals surface area (Å²) < 4.78 is 0. The normalized spacial score (nSPS) is 28.2. The predicted molar refractivity (Wildman–Crippen MR) is 58.5 cm³/mol. The Hall–Kier alpha value is -0.560. The van der Waals surface area contributed by atoms with E-state index in [4.69, 9.17) is 5.73 Å². The van der Waals surface area contributed by atoms with Gasteiger partial charge in [0.15, 0.2) is 0 Å². The molecule has 0 fully saturated rings. The second kappa shape index (κ2) is 4.10. The fourth-order valence-electron chi connectivity index (χ4n) is 2.19. The third-order valence-corrected chi connectivity index (χ3v) is 3.00. The van der Waals surface area contributed by atoms with Crippen LogP contribution in [-0.4, -0.2) is 6.54 Å². The van der Waals surface area contributed by atoms with E-state index >= 15 is 0 Å². The van der Waals surface area contributed by atoms with Gasteiger partial charge < -0.3 is 5.73 Å². The van der Waals surface area contributed by atoms with Crippen LogP contribution in [0.2, 0.25) is 0 Å². The molecule has 0 bridgehead atoms. The van der Waals surface area contributed by atoms with Gasteiger partial charge in [-0.05, 0) is 36.8 Å². The SMILES string of the molecule is C=CC1=C(CCC)CC(C)(CN)C1. The van der Waals surface area contributed by atoms with E-state index in [0.29, 0.717) is 5.41 Å². The van der Waals surface area contributed by atoms with Crippen LogP contribution in [0, 0.1) is 5.41 Å². The first-order valence-corrected chi connectivity index (χ1v) is 5.18. The van der Waals surface area contributed by atoms with Gasteiger partial charge in [-0.25, -0.2) is 0 Å². The van der Waals surface area contributed by atoms with Crippen molar-refractivity contribution in [1.82, 2.24) is 0 Å². The fourth-order valence-corrected chi connectivity index (χ4v) is 2.19. The number of allylic oxidation sites excluding steroid dienone is 3. The van der Waals surface area contributed by atoms with Gasteiger partial charge in [-0.2, -0.15) is 0 Å². The van der Waals surface area contributed by atoms with Crippen molar-refractivity contribution in [3.8, 4) is 0 Å². The van der Waals surface area contributed by atoms with Crippen LogP contribution in [0.15, 0.2) is 23.8 Å².